The zero-order valence-electron chi connectivity index (χ0n) is 9.26. The third kappa shape index (κ3) is 2.83. The fourth-order valence-corrected chi connectivity index (χ4v) is 2.50. The van der Waals surface area contributed by atoms with Crippen molar-refractivity contribution in [3.05, 3.63) is 34.1 Å². The molecule has 0 atom stereocenters. The number of rotatable bonds is 3. The van der Waals surface area contributed by atoms with E-state index in [1.165, 1.54) is 0 Å². The van der Waals surface area contributed by atoms with Gasteiger partial charge in [-0.2, -0.15) is 20.1 Å². The van der Waals surface area contributed by atoms with E-state index in [1.54, 1.807) is 11.3 Å². The molecule has 3 heterocycles. The largest absolute Gasteiger partial charge is 0.307 e. The third-order valence-electron chi connectivity index (χ3n) is 2.19. The van der Waals surface area contributed by atoms with E-state index in [0.29, 0.717) is 5.82 Å². The van der Waals surface area contributed by atoms with Gasteiger partial charge in [0.15, 0.2) is 5.82 Å². The van der Waals surface area contributed by atoms with Crippen molar-refractivity contribution < 1.29 is 0 Å². The molecule has 9 heteroatoms. The average molecular weight is 313 g/mol. The van der Waals surface area contributed by atoms with Crippen LogP contribution in [0.2, 0.25) is 10.6 Å². The standard InChI is InChI=1S/C10H6Cl2N6S/c11-8-14-9(12)16-10(15-8)13-7-4-5(17-18-7)6-2-1-3-19-6/h1-4H,(H2,13,14,15,16,17,18). The number of aromatic amines is 1. The van der Waals surface area contributed by atoms with Crippen LogP contribution in [-0.2, 0) is 0 Å². The molecule has 96 valence electrons. The molecule has 3 rings (SSSR count). The maximum absolute atomic E-state index is 5.69. The van der Waals surface area contributed by atoms with Gasteiger partial charge in [0.1, 0.15) is 0 Å². The van der Waals surface area contributed by atoms with Gasteiger partial charge in [-0.15, -0.1) is 11.3 Å². The van der Waals surface area contributed by atoms with E-state index in [-0.39, 0.29) is 16.5 Å². The molecule has 0 aliphatic carbocycles. The lowest BCUT2D eigenvalue weighted by Crippen LogP contribution is -1.99. The lowest BCUT2D eigenvalue weighted by atomic mass is 10.3. The highest BCUT2D eigenvalue weighted by Gasteiger charge is 2.07. The third-order valence-corrected chi connectivity index (χ3v) is 3.43. The Hall–Kier alpha value is -1.70. The van der Waals surface area contributed by atoms with E-state index in [9.17, 15) is 0 Å². The Morgan fingerprint density at radius 3 is 2.63 bits per heavy atom. The van der Waals surface area contributed by atoms with Crippen LogP contribution in [-0.4, -0.2) is 25.1 Å². The zero-order valence-corrected chi connectivity index (χ0v) is 11.6. The van der Waals surface area contributed by atoms with Crippen molar-refractivity contribution in [3.8, 4) is 10.6 Å². The van der Waals surface area contributed by atoms with Gasteiger partial charge in [0.2, 0.25) is 16.5 Å². The lowest BCUT2D eigenvalue weighted by molar-refractivity contribution is 1.04. The number of anilines is 2. The number of nitrogens with one attached hydrogen (secondary N) is 2. The van der Waals surface area contributed by atoms with Crippen LogP contribution in [0.1, 0.15) is 0 Å². The monoisotopic (exact) mass is 312 g/mol. The molecule has 2 N–H and O–H groups in total. The van der Waals surface area contributed by atoms with Crippen molar-refractivity contribution in [2.75, 3.05) is 5.32 Å². The first-order chi connectivity index (χ1) is 9.20. The summed E-state index contributed by atoms with van der Waals surface area (Å²) < 4.78 is 0. The molecule has 19 heavy (non-hydrogen) atoms. The van der Waals surface area contributed by atoms with Gasteiger partial charge in [-0.05, 0) is 34.6 Å². The summed E-state index contributed by atoms with van der Waals surface area (Å²) in [5.74, 6) is 0.816. The van der Waals surface area contributed by atoms with Crippen LogP contribution in [0, 0.1) is 0 Å². The van der Waals surface area contributed by atoms with Crippen molar-refractivity contribution in [1.29, 1.82) is 0 Å². The summed E-state index contributed by atoms with van der Waals surface area (Å²) in [6.07, 6.45) is 0. The van der Waals surface area contributed by atoms with Crippen LogP contribution in [0.15, 0.2) is 23.6 Å². The fourth-order valence-electron chi connectivity index (χ4n) is 1.44. The molecule has 3 aromatic heterocycles. The molecule has 6 nitrogen and oxygen atoms in total. The minimum absolute atomic E-state index is 0.0246. The SMILES string of the molecule is Clc1nc(Cl)nc(Nc2cc(-c3cccs3)[nH]n2)n1. The van der Waals surface area contributed by atoms with Crippen molar-refractivity contribution in [2.24, 2.45) is 0 Å². The first kappa shape index (κ1) is 12.3. The topological polar surface area (TPSA) is 79.4 Å². The predicted molar refractivity (Wildman–Crippen MR) is 75.0 cm³/mol. The summed E-state index contributed by atoms with van der Waals surface area (Å²) >= 11 is 13.0. The van der Waals surface area contributed by atoms with E-state index >= 15 is 0 Å². The summed E-state index contributed by atoms with van der Waals surface area (Å²) in [5, 5.41) is 12.0. The van der Waals surface area contributed by atoms with Crippen molar-refractivity contribution in [3.63, 3.8) is 0 Å². The van der Waals surface area contributed by atoms with Crippen molar-refractivity contribution >= 4 is 46.3 Å². The Morgan fingerprint density at radius 1 is 1.16 bits per heavy atom. The zero-order chi connectivity index (χ0) is 13.2. The normalized spacial score (nSPS) is 10.6. The quantitative estimate of drug-likeness (QED) is 0.775. The summed E-state index contributed by atoms with van der Waals surface area (Å²) in [6, 6.07) is 5.82. The molecule has 0 saturated carbocycles. The van der Waals surface area contributed by atoms with Gasteiger partial charge in [0.25, 0.3) is 0 Å². The Bertz CT molecular complexity index is 676. The molecule has 0 spiro atoms. The van der Waals surface area contributed by atoms with Gasteiger partial charge >= 0.3 is 0 Å². The minimum atomic E-state index is 0.0246. The number of H-pyrrole nitrogens is 1. The van der Waals surface area contributed by atoms with Gasteiger partial charge in [-0.1, -0.05) is 6.07 Å². The van der Waals surface area contributed by atoms with Crippen LogP contribution in [0.3, 0.4) is 0 Å². The molecular formula is C10H6Cl2N6S. The molecule has 0 amide bonds. The Labute approximate surface area is 121 Å². The van der Waals surface area contributed by atoms with E-state index in [0.717, 1.165) is 10.6 Å². The second-order valence-electron chi connectivity index (χ2n) is 3.47. The van der Waals surface area contributed by atoms with Crippen LogP contribution in [0.25, 0.3) is 10.6 Å². The molecule has 0 unspecified atom stereocenters. The summed E-state index contributed by atoms with van der Waals surface area (Å²) in [6.45, 7) is 0. The molecular weight excluding hydrogens is 307 g/mol. The summed E-state index contributed by atoms with van der Waals surface area (Å²) in [7, 11) is 0. The van der Waals surface area contributed by atoms with Gasteiger partial charge in [0, 0.05) is 6.07 Å². The average Bonchev–Trinajstić information content (AvgIpc) is 2.96. The molecule has 0 aliphatic heterocycles. The second kappa shape index (κ2) is 5.12. The molecule has 3 aromatic rings. The highest BCUT2D eigenvalue weighted by molar-refractivity contribution is 7.13. The summed E-state index contributed by atoms with van der Waals surface area (Å²) in [4.78, 5) is 12.5. The number of aromatic nitrogens is 5. The predicted octanol–water partition coefficient (Wildman–Crippen LogP) is 3.37. The first-order valence-corrected chi connectivity index (χ1v) is 6.77. The van der Waals surface area contributed by atoms with E-state index in [1.807, 2.05) is 23.6 Å². The van der Waals surface area contributed by atoms with Gasteiger partial charge < -0.3 is 5.32 Å². The van der Waals surface area contributed by atoms with Gasteiger partial charge in [0.05, 0.1) is 10.6 Å². The van der Waals surface area contributed by atoms with Gasteiger partial charge in [-0.25, -0.2) is 0 Å². The van der Waals surface area contributed by atoms with Crippen LogP contribution >= 0.6 is 34.5 Å². The number of nitrogens with zero attached hydrogens (tertiary/aromatic N) is 4. The van der Waals surface area contributed by atoms with Crippen LogP contribution in [0.4, 0.5) is 11.8 Å². The minimum Gasteiger partial charge on any atom is -0.307 e. The maximum Gasteiger partial charge on any atom is 0.234 e. The van der Waals surface area contributed by atoms with Crippen molar-refractivity contribution in [1.82, 2.24) is 25.1 Å². The highest BCUT2D eigenvalue weighted by Crippen LogP contribution is 2.25. The molecule has 0 saturated heterocycles. The second-order valence-corrected chi connectivity index (χ2v) is 5.09. The Balaban J connectivity index is 1.84. The van der Waals surface area contributed by atoms with Gasteiger partial charge in [-0.3, -0.25) is 5.10 Å². The molecule has 0 radical (unpaired) electrons. The smallest absolute Gasteiger partial charge is 0.234 e. The number of thiophene rings is 1. The Morgan fingerprint density at radius 2 is 1.95 bits per heavy atom. The fraction of sp³-hybridized carbons (Fsp3) is 0. The maximum atomic E-state index is 5.69. The van der Waals surface area contributed by atoms with Crippen LogP contribution in [0.5, 0.6) is 0 Å². The lowest BCUT2D eigenvalue weighted by Gasteiger charge is -2.00. The number of hydrogen-bond donors (Lipinski definition) is 2. The number of hydrogen-bond acceptors (Lipinski definition) is 6. The first-order valence-electron chi connectivity index (χ1n) is 5.14. The van der Waals surface area contributed by atoms with Crippen LogP contribution < -0.4 is 5.32 Å². The van der Waals surface area contributed by atoms with E-state index in [4.69, 9.17) is 23.2 Å². The molecule has 0 aliphatic rings. The van der Waals surface area contributed by atoms with Crippen molar-refractivity contribution in [2.45, 2.75) is 0 Å². The Kier molecular flexibility index (Phi) is 3.33. The summed E-state index contributed by atoms with van der Waals surface area (Å²) in [5.41, 5.74) is 0.906. The molecule has 0 fully saturated rings. The van der Waals surface area contributed by atoms with E-state index in [2.05, 4.69) is 30.5 Å². The van der Waals surface area contributed by atoms with E-state index < -0.39 is 0 Å². The highest BCUT2D eigenvalue weighted by atomic mass is 35.5. The number of halogens is 2. The molecule has 0 bridgehead atoms. The molecule has 0 aromatic carbocycles.